The molecule has 1 heterocycles. The van der Waals surface area contributed by atoms with Gasteiger partial charge in [0.15, 0.2) is 0 Å². The lowest BCUT2D eigenvalue weighted by Crippen LogP contribution is -2.45. The highest BCUT2D eigenvalue weighted by molar-refractivity contribution is 5.95. The van der Waals surface area contributed by atoms with Gasteiger partial charge < -0.3 is 20.1 Å². The lowest BCUT2D eigenvalue weighted by molar-refractivity contribution is -0.136. The molecular weight excluding hydrogens is 332 g/mol. The van der Waals surface area contributed by atoms with E-state index in [0.717, 1.165) is 24.2 Å². The molecule has 0 bridgehead atoms. The Labute approximate surface area is 153 Å². The molecule has 1 saturated carbocycles. The molecule has 140 valence electrons. The second-order valence-electron chi connectivity index (χ2n) is 6.72. The number of carbonyl (C=O) groups is 2. The molecule has 2 amide bonds. The molecule has 0 radical (unpaired) electrons. The first-order valence-electron chi connectivity index (χ1n) is 9.27. The van der Waals surface area contributed by atoms with E-state index in [4.69, 9.17) is 9.47 Å². The summed E-state index contributed by atoms with van der Waals surface area (Å²) in [6.07, 6.45) is 6.75. The first-order chi connectivity index (χ1) is 12.6. The fourth-order valence-corrected chi connectivity index (χ4v) is 3.61. The fraction of sp³-hybridized carbons (Fsp3) is 0.500. The number of hydrogen-bond donors (Lipinski definition) is 2. The highest BCUT2D eigenvalue weighted by Crippen LogP contribution is 2.30. The minimum absolute atomic E-state index is 0.283. The second-order valence-corrected chi connectivity index (χ2v) is 6.72. The van der Waals surface area contributed by atoms with Crippen molar-refractivity contribution in [1.82, 2.24) is 10.6 Å². The van der Waals surface area contributed by atoms with Crippen molar-refractivity contribution in [3.8, 4) is 5.75 Å². The van der Waals surface area contributed by atoms with Gasteiger partial charge in [0, 0.05) is 5.70 Å². The van der Waals surface area contributed by atoms with E-state index < -0.39 is 12.0 Å². The Morgan fingerprint density at radius 3 is 2.46 bits per heavy atom. The number of amides is 2. The number of carbonyl (C=O) groups excluding carboxylic acids is 2. The van der Waals surface area contributed by atoms with E-state index in [2.05, 4.69) is 10.6 Å². The van der Waals surface area contributed by atoms with Gasteiger partial charge in [-0.05, 0) is 49.8 Å². The van der Waals surface area contributed by atoms with Gasteiger partial charge in [0.25, 0.3) is 0 Å². The maximum absolute atomic E-state index is 12.3. The van der Waals surface area contributed by atoms with E-state index in [0.29, 0.717) is 17.7 Å². The summed E-state index contributed by atoms with van der Waals surface area (Å²) in [5, 5.41) is 5.51. The number of hydrogen-bond acceptors (Lipinski definition) is 4. The topological polar surface area (TPSA) is 76.7 Å². The summed E-state index contributed by atoms with van der Waals surface area (Å²) in [4.78, 5) is 24.2. The number of nitrogens with one attached hydrogen (secondary N) is 2. The SMILES string of the molecule is CCC1=C(C(=O)OC)C(c2ccc(OC3CCCCC3)cc2)NC(=O)N1. The Morgan fingerprint density at radius 1 is 1.15 bits per heavy atom. The quantitative estimate of drug-likeness (QED) is 0.789. The van der Waals surface area contributed by atoms with Crippen molar-refractivity contribution >= 4 is 12.0 Å². The summed E-state index contributed by atoms with van der Waals surface area (Å²) >= 11 is 0. The Hall–Kier alpha value is -2.50. The average molecular weight is 358 g/mol. The predicted octanol–water partition coefficient (Wildman–Crippen LogP) is 3.59. The van der Waals surface area contributed by atoms with Crippen LogP contribution in [0.3, 0.4) is 0 Å². The van der Waals surface area contributed by atoms with Gasteiger partial charge in [-0.1, -0.05) is 25.5 Å². The smallest absolute Gasteiger partial charge is 0.337 e. The third-order valence-corrected chi connectivity index (χ3v) is 4.98. The normalized spacial score (nSPS) is 21.0. The molecule has 0 aromatic heterocycles. The van der Waals surface area contributed by atoms with Crippen LogP contribution >= 0.6 is 0 Å². The van der Waals surface area contributed by atoms with Gasteiger partial charge in [-0.25, -0.2) is 9.59 Å². The van der Waals surface area contributed by atoms with Crippen molar-refractivity contribution in [2.45, 2.75) is 57.6 Å². The number of allylic oxidation sites excluding steroid dienone is 1. The zero-order valence-corrected chi connectivity index (χ0v) is 15.3. The largest absolute Gasteiger partial charge is 0.490 e. The van der Waals surface area contributed by atoms with Crippen molar-refractivity contribution in [3.05, 3.63) is 41.1 Å². The monoisotopic (exact) mass is 358 g/mol. The summed E-state index contributed by atoms with van der Waals surface area (Å²) in [5.41, 5.74) is 1.85. The molecule has 0 saturated heterocycles. The van der Waals surface area contributed by atoms with Crippen molar-refractivity contribution < 1.29 is 19.1 Å². The molecule has 26 heavy (non-hydrogen) atoms. The number of esters is 1. The first-order valence-corrected chi connectivity index (χ1v) is 9.27. The molecule has 1 aliphatic carbocycles. The summed E-state index contributed by atoms with van der Waals surface area (Å²) in [6.45, 7) is 1.89. The predicted molar refractivity (Wildman–Crippen MR) is 97.7 cm³/mol. The van der Waals surface area contributed by atoms with Crippen molar-refractivity contribution in [3.63, 3.8) is 0 Å². The Kier molecular flexibility index (Phi) is 5.81. The highest BCUT2D eigenvalue weighted by atomic mass is 16.5. The molecule has 0 spiro atoms. The van der Waals surface area contributed by atoms with Gasteiger partial charge in [0.1, 0.15) is 5.75 Å². The summed E-state index contributed by atoms with van der Waals surface area (Å²) in [5.74, 6) is 0.377. The first kappa shape index (κ1) is 18.3. The van der Waals surface area contributed by atoms with Crippen LogP contribution in [0.2, 0.25) is 0 Å². The molecule has 6 nitrogen and oxygen atoms in total. The van der Waals surface area contributed by atoms with Crippen LogP contribution in [0.1, 0.15) is 57.1 Å². The van der Waals surface area contributed by atoms with Gasteiger partial charge in [-0.15, -0.1) is 0 Å². The van der Waals surface area contributed by atoms with Crippen LogP contribution in [0.15, 0.2) is 35.5 Å². The van der Waals surface area contributed by atoms with Crippen LogP contribution < -0.4 is 15.4 Å². The molecule has 1 atom stereocenters. The molecule has 1 aromatic carbocycles. The molecular formula is C20H26N2O4. The second kappa shape index (κ2) is 8.25. The van der Waals surface area contributed by atoms with Gasteiger partial charge in [-0.3, -0.25) is 0 Å². The molecule has 1 fully saturated rings. The third kappa shape index (κ3) is 4.00. The number of rotatable bonds is 5. The third-order valence-electron chi connectivity index (χ3n) is 4.98. The van der Waals surface area contributed by atoms with Gasteiger partial charge in [0.2, 0.25) is 0 Å². The lowest BCUT2D eigenvalue weighted by Gasteiger charge is -2.29. The van der Waals surface area contributed by atoms with Crippen LogP contribution in [0.4, 0.5) is 4.79 Å². The van der Waals surface area contributed by atoms with E-state index in [1.807, 2.05) is 31.2 Å². The zero-order chi connectivity index (χ0) is 18.5. The van der Waals surface area contributed by atoms with Crippen LogP contribution in [0.25, 0.3) is 0 Å². The number of ether oxygens (including phenoxy) is 2. The van der Waals surface area contributed by atoms with E-state index >= 15 is 0 Å². The zero-order valence-electron chi connectivity index (χ0n) is 15.3. The van der Waals surface area contributed by atoms with Gasteiger partial charge in [-0.2, -0.15) is 0 Å². The average Bonchev–Trinajstić information content (AvgIpc) is 2.68. The minimum Gasteiger partial charge on any atom is -0.490 e. The summed E-state index contributed by atoms with van der Waals surface area (Å²) < 4.78 is 11.0. The molecule has 3 rings (SSSR count). The summed E-state index contributed by atoms with van der Waals surface area (Å²) in [6, 6.07) is 6.74. The maximum Gasteiger partial charge on any atom is 0.337 e. The molecule has 2 N–H and O–H groups in total. The van der Waals surface area contributed by atoms with Crippen LogP contribution in [0.5, 0.6) is 5.75 Å². The molecule has 1 aliphatic heterocycles. The lowest BCUT2D eigenvalue weighted by atomic mass is 9.94. The molecule has 6 heteroatoms. The van der Waals surface area contributed by atoms with Crippen LogP contribution in [-0.2, 0) is 9.53 Å². The van der Waals surface area contributed by atoms with Gasteiger partial charge in [0.05, 0.1) is 24.8 Å². The van der Waals surface area contributed by atoms with E-state index in [1.165, 1.54) is 26.4 Å². The van der Waals surface area contributed by atoms with E-state index in [1.54, 1.807) is 0 Å². The van der Waals surface area contributed by atoms with Gasteiger partial charge >= 0.3 is 12.0 Å². The Morgan fingerprint density at radius 2 is 1.85 bits per heavy atom. The van der Waals surface area contributed by atoms with E-state index in [-0.39, 0.29) is 12.1 Å². The summed E-state index contributed by atoms with van der Waals surface area (Å²) in [7, 11) is 1.34. The van der Waals surface area contributed by atoms with E-state index in [9.17, 15) is 9.59 Å². The molecule has 2 aliphatic rings. The number of benzene rings is 1. The minimum atomic E-state index is -0.533. The number of urea groups is 1. The van der Waals surface area contributed by atoms with Crippen molar-refractivity contribution in [2.24, 2.45) is 0 Å². The Bertz CT molecular complexity index is 690. The highest BCUT2D eigenvalue weighted by Gasteiger charge is 2.32. The fourth-order valence-electron chi connectivity index (χ4n) is 3.61. The van der Waals surface area contributed by atoms with Crippen molar-refractivity contribution in [2.75, 3.05) is 7.11 Å². The standard InChI is InChI=1S/C20H26N2O4/c1-3-16-17(19(23)25-2)18(22-20(24)21-16)13-9-11-15(12-10-13)26-14-7-5-4-6-8-14/h9-12,14,18H,3-8H2,1-2H3,(H2,21,22,24). The van der Waals surface area contributed by atoms with Crippen LogP contribution in [-0.4, -0.2) is 25.2 Å². The number of methoxy groups -OCH3 is 1. The molecule has 1 unspecified atom stereocenters. The Balaban J connectivity index is 1.81. The van der Waals surface area contributed by atoms with Crippen molar-refractivity contribution in [1.29, 1.82) is 0 Å². The molecule has 1 aromatic rings. The maximum atomic E-state index is 12.3. The van der Waals surface area contributed by atoms with Crippen LogP contribution in [0, 0.1) is 0 Å².